The van der Waals surface area contributed by atoms with E-state index in [9.17, 15) is 4.39 Å². The Morgan fingerprint density at radius 1 is 1.40 bits per heavy atom. The van der Waals surface area contributed by atoms with E-state index in [-0.39, 0.29) is 29.8 Å². The molecule has 0 spiro atoms. The van der Waals surface area contributed by atoms with E-state index in [1.54, 1.807) is 14.2 Å². The van der Waals surface area contributed by atoms with Crippen molar-refractivity contribution in [3.63, 3.8) is 0 Å². The van der Waals surface area contributed by atoms with Gasteiger partial charge in [-0.15, -0.1) is 24.0 Å². The summed E-state index contributed by atoms with van der Waals surface area (Å²) in [6.07, 6.45) is 2.44. The molecule has 1 N–H and O–H groups in total. The molecule has 0 amide bonds. The molecule has 5 nitrogen and oxygen atoms in total. The van der Waals surface area contributed by atoms with Crippen molar-refractivity contribution in [1.82, 2.24) is 15.1 Å². The average molecular weight is 464 g/mol. The molecule has 1 aliphatic rings. The second kappa shape index (κ2) is 11.6. The van der Waals surface area contributed by atoms with Crippen molar-refractivity contribution in [2.45, 2.75) is 25.4 Å². The van der Waals surface area contributed by atoms with Gasteiger partial charge in [-0.2, -0.15) is 0 Å². The SMILES string of the molecule is CN=C(NCC1CCCN1CCOC)N(C)Cc1ccc(F)cc1.I. The molecule has 1 saturated heterocycles. The summed E-state index contributed by atoms with van der Waals surface area (Å²) in [6, 6.07) is 7.12. The van der Waals surface area contributed by atoms with Crippen LogP contribution in [0.3, 0.4) is 0 Å². The third-order valence-corrected chi connectivity index (χ3v) is 4.48. The van der Waals surface area contributed by atoms with E-state index >= 15 is 0 Å². The number of hydrogen-bond acceptors (Lipinski definition) is 3. The monoisotopic (exact) mass is 464 g/mol. The van der Waals surface area contributed by atoms with Crippen molar-refractivity contribution in [2.75, 3.05) is 47.4 Å². The number of nitrogens with one attached hydrogen (secondary N) is 1. The van der Waals surface area contributed by atoms with Crippen LogP contribution in [0.1, 0.15) is 18.4 Å². The zero-order valence-electron chi connectivity index (χ0n) is 15.4. The zero-order valence-corrected chi connectivity index (χ0v) is 17.7. The van der Waals surface area contributed by atoms with E-state index < -0.39 is 0 Å². The normalized spacial score (nSPS) is 18.1. The molecule has 142 valence electrons. The van der Waals surface area contributed by atoms with E-state index in [4.69, 9.17) is 4.74 Å². The molecule has 2 rings (SSSR count). The lowest BCUT2D eigenvalue weighted by Gasteiger charge is -2.27. The summed E-state index contributed by atoms with van der Waals surface area (Å²) in [5.41, 5.74) is 1.06. The Kier molecular flexibility index (Phi) is 10.3. The molecule has 1 unspecified atom stereocenters. The van der Waals surface area contributed by atoms with E-state index in [0.29, 0.717) is 12.6 Å². The van der Waals surface area contributed by atoms with Crippen LogP contribution in [0.4, 0.5) is 4.39 Å². The molecule has 0 aliphatic carbocycles. The third-order valence-electron chi connectivity index (χ3n) is 4.48. The highest BCUT2D eigenvalue weighted by molar-refractivity contribution is 14.0. The van der Waals surface area contributed by atoms with Crippen LogP contribution in [0, 0.1) is 5.82 Å². The minimum atomic E-state index is -0.207. The highest BCUT2D eigenvalue weighted by atomic mass is 127. The molecule has 7 heteroatoms. The summed E-state index contributed by atoms with van der Waals surface area (Å²) in [7, 11) is 5.53. The van der Waals surface area contributed by atoms with Crippen LogP contribution in [0.25, 0.3) is 0 Å². The van der Waals surface area contributed by atoms with Gasteiger partial charge >= 0.3 is 0 Å². The van der Waals surface area contributed by atoms with Crippen molar-refractivity contribution in [3.8, 4) is 0 Å². The van der Waals surface area contributed by atoms with Crippen molar-refractivity contribution in [3.05, 3.63) is 35.6 Å². The molecule has 1 atom stereocenters. The Morgan fingerprint density at radius 2 is 2.12 bits per heavy atom. The molecule has 25 heavy (non-hydrogen) atoms. The molecule has 1 fully saturated rings. The van der Waals surface area contributed by atoms with Crippen molar-refractivity contribution < 1.29 is 9.13 Å². The highest BCUT2D eigenvalue weighted by Gasteiger charge is 2.24. The van der Waals surface area contributed by atoms with Gasteiger partial charge in [0.05, 0.1) is 6.61 Å². The maximum atomic E-state index is 13.0. The number of methoxy groups -OCH3 is 1. The number of ether oxygens (including phenoxy) is 1. The maximum Gasteiger partial charge on any atom is 0.193 e. The van der Waals surface area contributed by atoms with Gasteiger partial charge in [-0.1, -0.05) is 12.1 Å². The highest BCUT2D eigenvalue weighted by Crippen LogP contribution is 2.16. The fourth-order valence-electron chi connectivity index (χ4n) is 3.16. The number of hydrogen-bond donors (Lipinski definition) is 1. The van der Waals surface area contributed by atoms with E-state index in [1.165, 1.54) is 25.0 Å². The van der Waals surface area contributed by atoms with E-state index in [0.717, 1.165) is 37.8 Å². The number of guanidine groups is 1. The predicted octanol–water partition coefficient (Wildman–Crippen LogP) is 2.56. The van der Waals surface area contributed by atoms with Crippen LogP contribution in [0.2, 0.25) is 0 Å². The van der Waals surface area contributed by atoms with E-state index in [1.807, 2.05) is 19.2 Å². The second-order valence-electron chi connectivity index (χ2n) is 6.24. The lowest BCUT2D eigenvalue weighted by atomic mass is 10.2. The number of likely N-dealkylation sites (tertiary alicyclic amines) is 1. The lowest BCUT2D eigenvalue weighted by molar-refractivity contribution is 0.141. The minimum Gasteiger partial charge on any atom is -0.383 e. The predicted molar refractivity (Wildman–Crippen MR) is 111 cm³/mol. The van der Waals surface area contributed by atoms with Crippen LogP contribution < -0.4 is 5.32 Å². The number of nitrogens with zero attached hydrogens (tertiary/aromatic N) is 3. The van der Waals surface area contributed by atoms with Gasteiger partial charge < -0.3 is 15.0 Å². The summed E-state index contributed by atoms with van der Waals surface area (Å²) >= 11 is 0. The molecule has 0 aromatic heterocycles. The molecule has 1 heterocycles. The molecule has 0 radical (unpaired) electrons. The van der Waals surface area contributed by atoms with Crippen molar-refractivity contribution >= 4 is 29.9 Å². The van der Waals surface area contributed by atoms with Crippen molar-refractivity contribution in [2.24, 2.45) is 4.99 Å². The Morgan fingerprint density at radius 3 is 2.76 bits per heavy atom. The first-order chi connectivity index (χ1) is 11.6. The number of aliphatic imine (C=N–C) groups is 1. The fourth-order valence-corrected chi connectivity index (χ4v) is 3.16. The lowest BCUT2D eigenvalue weighted by Crippen LogP contribution is -2.45. The van der Waals surface area contributed by atoms with Gasteiger partial charge in [-0.05, 0) is 37.1 Å². The molecular weight excluding hydrogens is 434 g/mol. The summed E-state index contributed by atoms with van der Waals surface area (Å²) in [4.78, 5) is 8.90. The standard InChI is InChI=1S/C18H29FN4O.HI/c1-20-18(22(2)14-15-6-8-16(19)9-7-15)21-13-17-5-4-10-23(17)11-12-24-3;/h6-9,17H,4-5,10-14H2,1-3H3,(H,20,21);1H. The van der Waals surface area contributed by atoms with Crippen molar-refractivity contribution in [1.29, 1.82) is 0 Å². The van der Waals surface area contributed by atoms with Gasteiger partial charge in [0.15, 0.2) is 5.96 Å². The molecule has 0 saturated carbocycles. The number of halogens is 2. The quantitative estimate of drug-likeness (QED) is 0.383. The molecular formula is C18H30FIN4O. The molecule has 0 bridgehead atoms. The summed E-state index contributed by atoms with van der Waals surface area (Å²) in [5, 5.41) is 3.47. The van der Waals surface area contributed by atoms with Crippen LogP contribution in [0.15, 0.2) is 29.3 Å². The topological polar surface area (TPSA) is 40.1 Å². The summed E-state index contributed by atoms with van der Waals surface area (Å²) in [5.74, 6) is 0.652. The second-order valence-corrected chi connectivity index (χ2v) is 6.24. The first-order valence-electron chi connectivity index (χ1n) is 8.53. The smallest absolute Gasteiger partial charge is 0.193 e. The first-order valence-corrected chi connectivity index (χ1v) is 8.53. The Hall–Kier alpha value is -0.930. The largest absolute Gasteiger partial charge is 0.383 e. The van der Waals surface area contributed by atoms with Crippen LogP contribution >= 0.6 is 24.0 Å². The van der Waals surface area contributed by atoms with Gasteiger partial charge in [-0.25, -0.2) is 4.39 Å². The average Bonchev–Trinajstić information content (AvgIpc) is 3.03. The van der Waals surface area contributed by atoms with Gasteiger partial charge in [0, 0.05) is 46.9 Å². The fraction of sp³-hybridized carbons (Fsp3) is 0.611. The van der Waals surface area contributed by atoms with Crippen LogP contribution in [-0.4, -0.2) is 69.2 Å². The Balaban J connectivity index is 0.00000312. The molecule has 1 aliphatic heterocycles. The Bertz CT molecular complexity index is 526. The summed E-state index contributed by atoms with van der Waals surface area (Å²) < 4.78 is 18.2. The Labute approximate surface area is 167 Å². The summed E-state index contributed by atoms with van der Waals surface area (Å²) in [6.45, 7) is 4.46. The van der Waals surface area contributed by atoms with Crippen LogP contribution in [-0.2, 0) is 11.3 Å². The molecule has 1 aromatic rings. The number of rotatable bonds is 7. The molecule has 1 aromatic carbocycles. The minimum absolute atomic E-state index is 0. The number of benzene rings is 1. The van der Waals surface area contributed by atoms with Crippen LogP contribution in [0.5, 0.6) is 0 Å². The maximum absolute atomic E-state index is 13.0. The zero-order chi connectivity index (χ0) is 17.4. The van der Waals surface area contributed by atoms with E-state index in [2.05, 4.69) is 20.1 Å². The van der Waals surface area contributed by atoms with Gasteiger partial charge in [0.25, 0.3) is 0 Å². The van der Waals surface area contributed by atoms with Gasteiger partial charge in [-0.3, -0.25) is 9.89 Å². The third kappa shape index (κ3) is 7.07. The van der Waals surface area contributed by atoms with Gasteiger partial charge in [0.1, 0.15) is 5.82 Å². The first kappa shape index (κ1) is 22.1. The van der Waals surface area contributed by atoms with Gasteiger partial charge in [0.2, 0.25) is 0 Å².